The van der Waals surface area contributed by atoms with Crippen LogP contribution in [-0.4, -0.2) is 106 Å². The fraction of sp³-hybridized carbons (Fsp3) is 0.596. The maximum Gasteiger partial charge on any atom is 0.350 e. The Balaban J connectivity index is 1.58. The van der Waals surface area contributed by atoms with Crippen molar-refractivity contribution in [2.75, 3.05) is 6.61 Å². The summed E-state index contributed by atoms with van der Waals surface area (Å²) in [5.74, 6) is -7.43. The van der Waals surface area contributed by atoms with Gasteiger partial charge in [-0.2, -0.15) is 0 Å². The number of carbonyl (C=O) groups excluding carboxylic acids is 7. The summed E-state index contributed by atoms with van der Waals surface area (Å²) in [6, 6.07) is 15.0. The molecule has 1 saturated heterocycles. The third kappa shape index (κ3) is 9.86. The zero-order valence-corrected chi connectivity index (χ0v) is 41.1. The largest absolute Gasteiger partial charge is 0.455 e. The van der Waals surface area contributed by atoms with Crippen molar-refractivity contribution in [1.29, 1.82) is 0 Å². The molecule has 0 aromatic heterocycles. The van der Waals surface area contributed by atoms with Gasteiger partial charge in [-0.05, 0) is 53.5 Å². The zero-order valence-electron chi connectivity index (χ0n) is 41.1. The van der Waals surface area contributed by atoms with Gasteiger partial charge >= 0.3 is 29.8 Å². The Morgan fingerprint density at radius 1 is 0.838 bits per heavy atom. The molecule has 4 unspecified atom stereocenters. The van der Waals surface area contributed by atoms with E-state index in [0.717, 1.165) is 13.8 Å². The summed E-state index contributed by atoms with van der Waals surface area (Å²) in [6.07, 6.45) is -10.5. The molecule has 2 bridgehead atoms. The third-order valence-electron chi connectivity index (χ3n) is 14.1. The molecular weight excluding hydrogens is 879 g/mol. The van der Waals surface area contributed by atoms with Gasteiger partial charge in [-0.15, -0.1) is 0 Å². The molecule has 0 radical (unpaired) electrons. The smallest absolute Gasteiger partial charge is 0.350 e. The second-order valence-corrected chi connectivity index (χ2v) is 22.0. The molecular formula is C52H67NO15. The Morgan fingerprint density at radius 2 is 1.43 bits per heavy atom. The van der Waals surface area contributed by atoms with Crippen molar-refractivity contribution < 1.29 is 72.2 Å². The van der Waals surface area contributed by atoms with E-state index in [2.05, 4.69) is 5.32 Å². The highest BCUT2D eigenvalue weighted by Gasteiger charge is 2.78. The van der Waals surface area contributed by atoms with Crippen LogP contribution in [0.25, 0.3) is 0 Å². The predicted octanol–water partition coefficient (Wildman–Crippen LogP) is 5.85. The highest BCUT2D eigenvalue weighted by Crippen LogP contribution is 2.64. The Labute approximate surface area is 397 Å². The van der Waals surface area contributed by atoms with Crippen molar-refractivity contribution >= 4 is 41.5 Å². The van der Waals surface area contributed by atoms with Crippen LogP contribution in [0, 0.1) is 27.6 Å². The van der Waals surface area contributed by atoms with Crippen LogP contribution in [0.15, 0.2) is 71.8 Å². The lowest BCUT2D eigenvalue weighted by Crippen LogP contribution is -2.82. The summed E-state index contributed by atoms with van der Waals surface area (Å²) < 4.78 is 36.8. The molecule has 3 aliphatic carbocycles. The van der Waals surface area contributed by atoms with Gasteiger partial charge in [0.15, 0.2) is 17.5 Å². The van der Waals surface area contributed by atoms with E-state index >= 15 is 9.59 Å². The van der Waals surface area contributed by atoms with E-state index in [0.29, 0.717) is 5.56 Å². The summed E-state index contributed by atoms with van der Waals surface area (Å²) >= 11 is 0. The van der Waals surface area contributed by atoms with E-state index < -0.39 is 129 Å². The summed E-state index contributed by atoms with van der Waals surface area (Å²) in [4.78, 5) is 99.0. The number of hydrogen-bond acceptors (Lipinski definition) is 15. The lowest BCUT2D eigenvalue weighted by molar-refractivity contribution is -0.346. The van der Waals surface area contributed by atoms with Crippen LogP contribution < -0.4 is 5.32 Å². The predicted molar refractivity (Wildman–Crippen MR) is 244 cm³/mol. The quantitative estimate of drug-likeness (QED) is 0.129. The van der Waals surface area contributed by atoms with Crippen molar-refractivity contribution in [2.45, 2.75) is 163 Å². The van der Waals surface area contributed by atoms with Gasteiger partial charge in [0.2, 0.25) is 12.0 Å². The first-order valence-corrected chi connectivity index (χ1v) is 23.1. The Bertz CT molecular complexity index is 2330. The number of carbonyl (C=O) groups is 7. The number of hydrogen-bond donors (Lipinski definition) is 3. The van der Waals surface area contributed by atoms with E-state index in [1.54, 1.807) is 69.3 Å². The fourth-order valence-electron chi connectivity index (χ4n) is 10.8. The van der Waals surface area contributed by atoms with Gasteiger partial charge in [0.25, 0.3) is 0 Å². The molecule has 4 aliphatic rings. The molecule has 16 heteroatoms. The first-order chi connectivity index (χ1) is 31.5. The molecule has 3 fully saturated rings. The van der Waals surface area contributed by atoms with Gasteiger partial charge in [0.05, 0.1) is 36.0 Å². The number of aliphatic hydroxyl groups excluding tert-OH is 1. The number of nitrogens with one attached hydrogen (secondary N) is 1. The lowest BCUT2D eigenvalue weighted by atomic mass is 9.44. The number of rotatable bonds is 12. The van der Waals surface area contributed by atoms with Crippen molar-refractivity contribution in [3.05, 3.63) is 82.9 Å². The van der Waals surface area contributed by atoms with Gasteiger partial charge < -0.3 is 44.0 Å². The average Bonchev–Trinajstić information content (AvgIpc) is 3.22. The Hall–Kier alpha value is -5.45. The number of ketones is 1. The van der Waals surface area contributed by atoms with Gasteiger partial charge in [-0.3, -0.25) is 24.0 Å². The molecule has 2 aromatic carbocycles. The van der Waals surface area contributed by atoms with Gasteiger partial charge in [-0.25, -0.2) is 9.59 Å². The van der Waals surface area contributed by atoms with Gasteiger partial charge in [0, 0.05) is 38.5 Å². The van der Waals surface area contributed by atoms with Crippen LogP contribution in [0.2, 0.25) is 0 Å². The average molecular weight is 946 g/mol. The SMILES string of the molecule is CC(=O)O[C@H]1C(=O)[C@@]2(C)C([C@H](OC(=O)c3ccccc3)[C@]3(O)CC(OC(=O)C(OC(=O)CC(C)(C)C)[C@@H](NC(=O)CC(C)(C)C)c4ccccc4)C(C)=C1C3(C)C)[C@]1(OC(C)=O)COC1C[C@@H]2O. The summed E-state index contributed by atoms with van der Waals surface area (Å²) in [5, 5.41) is 29.0. The van der Waals surface area contributed by atoms with Gasteiger partial charge in [-0.1, -0.05) is 104 Å². The Kier molecular flexibility index (Phi) is 14.4. The number of benzene rings is 2. The number of ether oxygens (including phenoxy) is 6. The second kappa shape index (κ2) is 18.8. The zero-order chi connectivity index (χ0) is 50.5. The maximum absolute atomic E-state index is 15.7. The standard InChI is InChI=1S/C52H67NO15/c1-28-33(65-46(61)41(66-37(58)26-48(7,8)9)39(31-19-15-13-16-20-31)53-36(57)25-47(4,5)6)24-52(62)44(67-45(60)32-21-17-14-18-22-32)42-50(12,34(56)23-35-51(42,27-63-35)68-30(3)55)43(59)40(64-29(2)54)38(28)49(52,10)11/h13-22,33-35,39-42,44,56,62H,23-27H2,1-12H3,(H,53,57)/t33?,34-,35?,39-,40+,41?,42?,44-,50+,51-,52+/m0/s1. The minimum atomic E-state index is -2.43. The highest BCUT2D eigenvalue weighted by molar-refractivity contribution is 5.95. The summed E-state index contributed by atoms with van der Waals surface area (Å²) in [5.41, 5.74) is -8.43. The molecule has 2 aromatic rings. The van der Waals surface area contributed by atoms with E-state index in [9.17, 15) is 34.2 Å². The van der Waals surface area contributed by atoms with Crippen LogP contribution in [0.1, 0.15) is 131 Å². The lowest BCUT2D eigenvalue weighted by Gasteiger charge is -2.67. The molecule has 370 valence electrons. The number of Topliss-reactive ketones (excluding diaryl/α,β-unsaturated/α-hetero) is 1. The van der Waals surface area contributed by atoms with Crippen molar-refractivity contribution in [1.82, 2.24) is 5.32 Å². The van der Waals surface area contributed by atoms with Crippen molar-refractivity contribution in [3.63, 3.8) is 0 Å². The Morgan fingerprint density at radius 3 is 1.96 bits per heavy atom. The molecule has 11 atom stereocenters. The first-order valence-electron chi connectivity index (χ1n) is 23.1. The number of aliphatic hydroxyl groups is 2. The molecule has 0 spiro atoms. The topological polar surface area (TPSA) is 227 Å². The fourth-order valence-corrected chi connectivity index (χ4v) is 10.8. The molecule has 6 rings (SSSR count). The number of esters is 5. The normalized spacial score (nSPS) is 30.6. The molecule has 1 aliphatic heterocycles. The molecule has 68 heavy (non-hydrogen) atoms. The number of amides is 1. The second-order valence-electron chi connectivity index (χ2n) is 22.0. The van der Waals surface area contributed by atoms with E-state index in [1.165, 1.54) is 19.1 Å². The van der Waals surface area contributed by atoms with Crippen LogP contribution in [0.5, 0.6) is 0 Å². The summed E-state index contributed by atoms with van der Waals surface area (Å²) in [6.45, 7) is 19.0. The first kappa shape index (κ1) is 51.9. The van der Waals surface area contributed by atoms with Crippen LogP contribution in [0.3, 0.4) is 0 Å². The molecule has 16 nitrogen and oxygen atoms in total. The summed E-state index contributed by atoms with van der Waals surface area (Å²) in [7, 11) is 0. The monoisotopic (exact) mass is 945 g/mol. The minimum Gasteiger partial charge on any atom is -0.455 e. The molecule has 2 saturated carbocycles. The van der Waals surface area contributed by atoms with Crippen molar-refractivity contribution in [3.8, 4) is 0 Å². The third-order valence-corrected chi connectivity index (χ3v) is 14.1. The van der Waals surface area contributed by atoms with E-state index in [-0.39, 0.29) is 42.6 Å². The van der Waals surface area contributed by atoms with E-state index in [4.69, 9.17) is 28.4 Å². The molecule has 1 heterocycles. The van der Waals surface area contributed by atoms with Gasteiger partial charge in [0.1, 0.15) is 30.0 Å². The van der Waals surface area contributed by atoms with Crippen LogP contribution in [0.4, 0.5) is 0 Å². The van der Waals surface area contributed by atoms with Crippen molar-refractivity contribution in [2.24, 2.45) is 27.6 Å². The molecule has 3 N–H and O–H groups in total. The van der Waals surface area contributed by atoms with E-state index in [1.807, 2.05) is 41.5 Å². The maximum atomic E-state index is 15.7. The minimum absolute atomic E-state index is 0.00947. The van der Waals surface area contributed by atoms with Crippen LogP contribution in [-0.2, 0) is 57.2 Å². The number of fused-ring (bicyclic) bond motifs is 5. The highest BCUT2D eigenvalue weighted by atomic mass is 16.6. The molecule has 1 amide bonds. The van der Waals surface area contributed by atoms with Crippen LogP contribution >= 0.6 is 0 Å².